The van der Waals surface area contributed by atoms with E-state index in [1.165, 1.54) is 6.26 Å². The van der Waals surface area contributed by atoms with Crippen LogP contribution >= 0.6 is 0 Å². The van der Waals surface area contributed by atoms with Crippen molar-refractivity contribution in [2.45, 2.75) is 5.92 Å². The smallest absolute Gasteiger partial charge is 0.271 e. The number of ether oxygens (including phenoxy) is 1. The lowest BCUT2D eigenvalue weighted by atomic mass is 9.98. The Labute approximate surface area is 68.5 Å². The maximum Gasteiger partial charge on any atom is 0.271 e. The minimum Gasteiger partial charge on any atom is -0.380 e. The number of hydrogen-bond donors (Lipinski definition) is 1. The minimum atomic E-state index is -0.550. The third-order valence-corrected chi connectivity index (χ3v) is 1.91. The van der Waals surface area contributed by atoms with Gasteiger partial charge in [0.1, 0.15) is 6.26 Å². The van der Waals surface area contributed by atoms with Gasteiger partial charge < -0.3 is 15.0 Å². The first kappa shape index (κ1) is 7.30. The van der Waals surface area contributed by atoms with Crippen LogP contribution in [0.1, 0.15) is 22.0 Å². The van der Waals surface area contributed by atoms with Gasteiger partial charge in [-0.1, -0.05) is 5.16 Å². The lowest BCUT2D eigenvalue weighted by Gasteiger charge is -2.24. The molecule has 0 saturated carbocycles. The van der Waals surface area contributed by atoms with Gasteiger partial charge in [0.15, 0.2) is 5.69 Å². The highest BCUT2D eigenvalue weighted by molar-refractivity contribution is 5.92. The Morgan fingerprint density at radius 1 is 1.67 bits per heavy atom. The number of amides is 1. The Morgan fingerprint density at radius 3 is 2.92 bits per heavy atom. The Kier molecular flexibility index (Phi) is 1.58. The fourth-order valence-corrected chi connectivity index (χ4v) is 1.14. The van der Waals surface area contributed by atoms with Crippen LogP contribution in [-0.2, 0) is 4.74 Å². The summed E-state index contributed by atoms with van der Waals surface area (Å²) in [5.74, 6) is -0.329. The molecule has 0 radical (unpaired) electrons. The Bertz CT molecular complexity index is 303. The monoisotopic (exact) mass is 168 g/mol. The molecular weight excluding hydrogens is 160 g/mol. The molecule has 2 rings (SSSR count). The maximum absolute atomic E-state index is 10.8. The number of nitrogens with zero attached hydrogens (tertiary/aromatic N) is 1. The van der Waals surface area contributed by atoms with Crippen molar-refractivity contribution in [2.24, 2.45) is 5.73 Å². The zero-order chi connectivity index (χ0) is 8.55. The van der Waals surface area contributed by atoms with Gasteiger partial charge in [-0.05, 0) is 0 Å². The highest BCUT2D eigenvalue weighted by Crippen LogP contribution is 2.25. The van der Waals surface area contributed by atoms with Crippen LogP contribution in [0.4, 0.5) is 0 Å². The lowest BCUT2D eigenvalue weighted by Crippen LogP contribution is -2.27. The van der Waals surface area contributed by atoms with Crippen LogP contribution in [0.25, 0.3) is 0 Å². The highest BCUT2D eigenvalue weighted by Gasteiger charge is 2.27. The molecule has 1 aliphatic rings. The molecule has 1 aliphatic heterocycles. The SMILES string of the molecule is NC(=O)c1nocc1C1COC1. The van der Waals surface area contributed by atoms with E-state index in [9.17, 15) is 4.79 Å². The highest BCUT2D eigenvalue weighted by atomic mass is 16.5. The number of primary amides is 1. The number of aromatic nitrogens is 1. The van der Waals surface area contributed by atoms with Crippen molar-refractivity contribution in [3.63, 3.8) is 0 Å². The van der Waals surface area contributed by atoms with Gasteiger partial charge in [-0.15, -0.1) is 0 Å². The summed E-state index contributed by atoms with van der Waals surface area (Å²) in [4.78, 5) is 10.8. The van der Waals surface area contributed by atoms with E-state index >= 15 is 0 Å². The first-order valence-electron chi connectivity index (χ1n) is 3.61. The fourth-order valence-electron chi connectivity index (χ4n) is 1.14. The summed E-state index contributed by atoms with van der Waals surface area (Å²) in [5, 5.41) is 3.51. The van der Waals surface area contributed by atoms with E-state index in [0.29, 0.717) is 13.2 Å². The van der Waals surface area contributed by atoms with Gasteiger partial charge in [0.2, 0.25) is 0 Å². The van der Waals surface area contributed by atoms with Crippen molar-refractivity contribution in [3.8, 4) is 0 Å². The van der Waals surface area contributed by atoms with E-state index < -0.39 is 5.91 Å². The molecule has 1 aromatic rings. The number of hydrogen-bond acceptors (Lipinski definition) is 4. The zero-order valence-electron chi connectivity index (χ0n) is 6.32. The third kappa shape index (κ3) is 0.984. The molecule has 64 valence electrons. The summed E-state index contributed by atoms with van der Waals surface area (Å²) in [7, 11) is 0. The summed E-state index contributed by atoms with van der Waals surface area (Å²) in [5.41, 5.74) is 6.06. The molecule has 0 spiro atoms. The van der Waals surface area contributed by atoms with Gasteiger partial charge in [0.25, 0.3) is 5.91 Å². The molecule has 5 heteroatoms. The van der Waals surface area contributed by atoms with Crippen molar-refractivity contribution in [2.75, 3.05) is 13.2 Å². The molecule has 0 bridgehead atoms. The third-order valence-electron chi connectivity index (χ3n) is 1.91. The molecule has 2 N–H and O–H groups in total. The van der Waals surface area contributed by atoms with Gasteiger partial charge in [-0.2, -0.15) is 0 Å². The van der Waals surface area contributed by atoms with Gasteiger partial charge in [0.05, 0.1) is 13.2 Å². The molecule has 1 fully saturated rings. The van der Waals surface area contributed by atoms with Crippen molar-refractivity contribution >= 4 is 5.91 Å². The molecule has 12 heavy (non-hydrogen) atoms. The normalized spacial score (nSPS) is 17.3. The lowest BCUT2D eigenvalue weighted by molar-refractivity contribution is 0.00795. The van der Waals surface area contributed by atoms with Crippen LogP contribution in [-0.4, -0.2) is 24.3 Å². The largest absolute Gasteiger partial charge is 0.380 e. The maximum atomic E-state index is 10.8. The van der Waals surface area contributed by atoms with Gasteiger partial charge in [0, 0.05) is 11.5 Å². The van der Waals surface area contributed by atoms with Gasteiger partial charge in [-0.25, -0.2) is 0 Å². The molecule has 0 aromatic carbocycles. The average molecular weight is 168 g/mol. The van der Waals surface area contributed by atoms with E-state index in [2.05, 4.69) is 9.68 Å². The van der Waals surface area contributed by atoms with Crippen LogP contribution in [0.2, 0.25) is 0 Å². The van der Waals surface area contributed by atoms with Gasteiger partial charge in [-0.3, -0.25) is 4.79 Å². The predicted octanol–water partition coefficient (Wildman–Crippen LogP) is -0.113. The predicted molar refractivity (Wildman–Crippen MR) is 38.6 cm³/mol. The van der Waals surface area contributed by atoms with E-state index in [1.807, 2.05) is 0 Å². The van der Waals surface area contributed by atoms with Crippen molar-refractivity contribution < 1.29 is 14.1 Å². The summed E-state index contributed by atoms with van der Waals surface area (Å²) < 4.78 is 9.63. The van der Waals surface area contributed by atoms with E-state index in [0.717, 1.165) is 5.56 Å². The minimum absolute atomic E-state index is 0.221. The summed E-state index contributed by atoms with van der Waals surface area (Å²) >= 11 is 0. The van der Waals surface area contributed by atoms with E-state index in [4.69, 9.17) is 10.5 Å². The molecular formula is C7H8N2O3. The molecule has 1 saturated heterocycles. The van der Waals surface area contributed by atoms with E-state index in [-0.39, 0.29) is 11.6 Å². The molecule has 5 nitrogen and oxygen atoms in total. The number of carbonyl (C=O) groups excluding carboxylic acids is 1. The Morgan fingerprint density at radius 2 is 2.42 bits per heavy atom. The van der Waals surface area contributed by atoms with Crippen molar-refractivity contribution in [3.05, 3.63) is 17.5 Å². The topological polar surface area (TPSA) is 78.4 Å². The fraction of sp³-hybridized carbons (Fsp3) is 0.429. The molecule has 1 aromatic heterocycles. The van der Waals surface area contributed by atoms with Crippen LogP contribution in [0.5, 0.6) is 0 Å². The molecule has 0 atom stereocenters. The number of rotatable bonds is 2. The molecule has 2 heterocycles. The quantitative estimate of drug-likeness (QED) is 0.668. The van der Waals surface area contributed by atoms with Crippen LogP contribution in [0, 0.1) is 0 Å². The van der Waals surface area contributed by atoms with Crippen molar-refractivity contribution in [1.82, 2.24) is 5.16 Å². The zero-order valence-corrected chi connectivity index (χ0v) is 6.32. The molecule has 0 unspecified atom stereocenters. The standard InChI is InChI=1S/C7H8N2O3/c8-7(10)6-5(3-12-9-6)4-1-11-2-4/h3-4H,1-2H2,(H2,8,10). The summed E-state index contributed by atoms with van der Waals surface area (Å²) in [6, 6.07) is 0. The summed E-state index contributed by atoms with van der Waals surface area (Å²) in [6.45, 7) is 1.23. The van der Waals surface area contributed by atoms with Crippen LogP contribution in [0.15, 0.2) is 10.8 Å². The number of nitrogens with two attached hydrogens (primary N) is 1. The average Bonchev–Trinajstić information content (AvgIpc) is 2.31. The Hall–Kier alpha value is -1.36. The summed E-state index contributed by atoms with van der Waals surface area (Å²) in [6.07, 6.45) is 1.45. The van der Waals surface area contributed by atoms with Crippen molar-refractivity contribution in [1.29, 1.82) is 0 Å². The van der Waals surface area contributed by atoms with E-state index in [1.54, 1.807) is 0 Å². The first-order chi connectivity index (χ1) is 5.79. The second kappa shape index (κ2) is 2.60. The second-order valence-electron chi connectivity index (χ2n) is 2.72. The second-order valence-corrected chi connectivity index (χ2v) is 2.72. The van der Waals surface area contributed by atoms with Gasteiger partial charge >= 0.3 is 0 Å². The first-order valence-corrected chi connectivity index (χ1v) is 3.61. The molecule has 1 amide bonds. The van der Waals surface area contributed by atoms with Crippen LogP contribution in [0.3, 0.4) is 0 Å². The van der Waals surface area contributed by atoms with Crippen LogP contribution < -0.4 is 5.73 Å². The number of carbonyl (C=O) groups is 1. The Balaban J connectivity index is 2.29. The molecule has 0 aliphatic carbocycles.